The Bertz CT molecular complexity index is 323. The molecule has 0 amide bonds. The van der Waals surface area contributed by atoms with E-state index in [4.69, 9.17) is 0 Å². The van der Waals surface area contributed by atoms with Crippen LogP contribution in [0.5, 0.6) is 0 Å². The smallest absolute Gasteiger partial charge is 0.0714 e. The highest BCUT2D eigenvalue weighted by atomic mass is 79.9. The minimum Gasteiger partial charge on any atom is -0.309 e. The molecule has 82 valence electrons. The molecule has 1 aromatic heterocycles. The van der Waals surface area contributed by atoms with Crippen LogP contribution in [0, 0.1) is 5.92 Å². The molecule has 1 N–H and O–H groups in total. The van der Waals surface area contributed by atoms with Gasteiger partial charge in [0.05, 0.1) is 11.7 Å². The third-order valence-electron chi connectivity index (χ3n) is 2.83. The fraction of sp³-hybridized carbons (Fsp3) is 0.583. The maximum absolute atomic E-state index is 4.47. The average Bonchev–Trinajstić information content (AvgIpc) is 3.02. The van der Waals surface area contributed by atoms with Gasteiger partial charge in [0.25, 0.3) is 0 Å². The normalized spacial score (nSPS) is 17.7. The summed E-state index contributed by atoms with van der Waals surface area (Å²) in [6.45, 7) is 3.15. The Kier molecular flexibility index (Phi) is 3.76. The van der Waals surface area contributed by atoms with E-state index in [1.807, 2.05) is 12.3 Å². The topological polar surface area (TPSA) is 24.9 Å². The van der Waals surface area contributed by atoms with Gasteiger partial charge in [0.2, 0.25) is 0 Å². The number of aromatic nitrogens is 1. The SMILES string of the molecule is CCNC(CC1CC1)c1ncccc1Br. The molecule has 0 aliphatic heterocycles. The summed E-state index contributed by atoms with van der Waals surface area (Å²) >= 11 is 3.57. The standard InChI is InChI=1S/C12H17BrN2/c1-2-14-11(8-9-5-6-9)12-10(13)4-3-7-15-12/h3-4,7,9,11,14H,2,5-6,8H2,1H3. The number of nitrogens with one attached hydrogen (secondary N) is 1. The first-order valence-corrected chi connectivity index (χ1v) is 6.44. The number of pyridine rings is 1. The van der Waals surface area contributed by atoms with Gasteiger partial charge in [0, 0.05) is 10.7 Å². The Morgan fingerprint density at radius 1 is 1.60 bits per heavy atom. The minimum atomic E-state index is 0.415. The van der Waals surface area contributed by atoms with Crippen LogP contribution in [0.1, 0.15) is 37.9 Å². The van der Waals surface area contributed by atoms with E-state index in [9.17, 15) is 0 Å². The Morgan fingerprint density at radius 3 is 3.00 bits per heavy atom. The number of hydrogen-bond donors (Lipinski definition) is 1. The zero-order valence-corrected chi connectivity index (χ0v) is 10.6. The summed E-state index contributed by atoms with van der Waals surface area (Å²) < 4.78 is 1.12. The van der Waals surface area contributed by atoms with Crippen molar-refractivity contribution in [2.24, 2.45) is 5.92 Å². The average molecular weight is 269 g/mol. The molecule has 1 unspecified atom stereocenters. The fourth-order valence-corrected chi connectivity index (χ4v) is 2.41. The summed E-state index contributed by atoms with van der Waals surface area (Å²) in [7, 11) is 0. The van der Waals surface area contributed by atoms with Crippen LogP contribution in [0.2, 0.25) is 0 Å². The molecule has 3 heteroatoms. The molecule has 0 aromatic carbocycles. The van der Waals surface area contributed by atoms with Crippen molar-refractivity contribution in [2.45, 2.75) is 32.2 Å². The molecule has 2 nitrogen and oxygen atoms in total. The zero-order chi connectivity index (χ0) is 10.7. The highest BCUT2D eigenvalue weighted by Gasteiger charge is 2.27. The maximum Gasteiger partial charge on any atom is 0.0714 e. The van der Waals surface area contributed by atoms with Gasteiger partial charge in [-0.25, -0.2) is 0 Å². The summed E-state index contributed by atoms with van der Waals surface area (Å²) in [5.41, 5.74) is 1.16. The third kappa shape index (κ3) is 3.02. The van der Waals surface area contributed by atoms with Gasteiger partial charge >= 0.3 is 0 Å². The van der Waals surface area contributed by atoms with Gasteiger partial charge in [0.15, 0.2) is 0 Å². The van der Waals surface area contributed by atoms with E-state index < -0.39 is 0 Å². The van der Waals surface area contributed by atoms with Gasteiger partial charge in [-0.15, -0.1) is 0 Å². The molecule has 15 heavy (non-hydrogen) atoms. The molecule has 0 radical (unpaired) electrons. The van der Waals surface area contributed by atoms with E-state index in [-0.39, 0.29) is 0 Å². The van der Waals surface area contributed by atoms with E-state index >= 15 is 0 Å². The van der Waals surface area contributed by atoms with Gasteiger partial charge in [-0.2, -0.15) is 0 Å². The van der Waals surface area contributed by atoms with Gasteiger partial charge in [-0.1, -0.05) is 19.8 Å². The molecular formula is C12H17BrN2. The second-order valence-electron chi connectivity index (χ2n) is 4.16. The predicted molar refractivity (Wildman–Crippen MR) is 65.7 cm³/mol. The van der Waals surface area contributed by atoms with Crippen LogP contribution in [0.25, 0.3) is 0 Å². The van der Waals surface area contributed by atoms with E-state index in [1.165, 1.54) is 19.3 Å². The first kappa shape index (κ1) is 11.1. The molecule has 2 rings (SSSR count). The zero-order valence-electron chi connectivity index (χ0n) is 9.04. The second-order valence-corrected chi connectivity index (χ2v) is 5.01. The van der Waals surface area contributed by atoms with Gasteiger partial charge < -0.3 is 5.32 Å². The monoisotopic (exact) mass is 268 g/mol. The lowest BCUT2D eigenvalue weighted by Crippen LogP contribution is -2.22. The van der Waals surface area contributed by atoms with Crippen LogP contribution in [0.4, 0.5) is 0 Å². The number of hydrogen-bond acceptors (Lipinski definition) is 2. The lowest BCUT2D eigenvalue weighted by atomic mass is 10.1. The Balaban J connectivity index is 2.11. The maximum atomic E-state index is 4.47. The largest absolute Gasteiger partial charge is 0.309 e. The molecule has 0 spiro atoms. The predicted octanol–water partition coefficient (Wildman–Crippen LogP) is 3.29. The Hall–Kier alpha value is -0.410. The molecule has 0 bridgehead atoms. The van der Waals surface area contributed by atoms with Crippen LogP contribution in [0.3, 0.4) is 0 Å². The molecular weight excluding hydrogens is 252 g/mol. The van der Waals surface area contributed by atoms with Crippen molar-refractivity contribution in [3.05, 3.63) is 28.5 Å². The van der Waals surface area contributed by atoms with Gasteiger partial charge in [-0.3, -0.25) is 4.98 Å². The number of rotatable bonds is 5. The van der Waals surface area contributed by atoms with Crippen molar-refractivity contribution in [3.8, 4) is 0 Å². The van der Waals surface area contributed by atoms with Crippen molar-refractivity contribution in [2.75, 3.05) is 6.54 Å². The van der Waals surface area contributed by atoms with E-state index in [0.717, 1.165) is 22.6 Å². The molecule has 0 saturated heterocycles. The molecule has 1 aromatic rings. The van der Waals surface area contributed by atoms with Crippen LogP contribution < -0.4 is 5.32 Å². The minimum absolute atomic E-state index is 0.415. The van der Waals surface area contributed by atoms with Crippen LogP contribution >= 0.6 is 15.9 Å². The van der Waals surface area contributed by atoms with E-state index in [2.05, 4.69) is 39.2 Å². The van der Waals surface area contributed by atoms with Crippen molar-refractivity contribution in [1.82, 2.24) is 10.3 Å². The molecule has 1 saturated carbocycles. The summed E-state index contributed by atoms with van der Waals surface area (Å²) in [6, 6.07) is 4.45. The van der Waals surface area contributed by atoms with Crippen molar-refractivity contribution < 1.29 is 0 Å². The molecule has 1 atom stereocenters. The lowest BCUT2D eigenvalue weighted by molar-refractivity contribution is 0.475. The summed E-state index contributed by atoms with van der Waals surface area (Å²) in [4.78, 5) is 4.47. The van der Waals surface area contributed by atoms with Crippen LogP contribution in [-0.2, 0) is 0 Å². The van der Waals surface area contributed by atoms with Crippen LogP contribution in [-0.4, -0.2) is 11.5 Å². The fourth-order valence-electron chi connectivity index (χ4n) is 1.88. The lowest BCUT2D eigenvalue weighted by Gasteiger charge is -2.18. The van der Waals surface area contributed by atoms with E-state index in [0.29, 0.717) is 6.04 Å². The molecule has 1 aliphatic carbocycles. The first-order valence-electron chi connectivity index (χ1n) is 5.65. The van der Waals surface area contributed by atoms with E-state index in [1.54, 1.807) is 0 Å². The molecule has 1 aliphatic rings. The van der Waals surface area contributed by atoms with Crippen LogP contribution in [0.15, 0.2) is 22.8 Å². The Labute approximate surface area is 99.6 Å². The Morgan fingerprint density at radius 2 is 2.40 bits per heavy atom. The number of halogens is 1. The van der Waals surface area contributed by atoms with Gasteiger partial charge in [-0.05, 0) is 46.9 Å². The highest BCUT2D eigenvalue weighted by molar-refractivity contribution is 9.10. The summed E-state index contributed by atoms with van der Waals surface area (Å²) in [5, 5.41) is 3.52. The van der Waals surface area contributed by atoms with Crippen molar-refractivity contribution in [1.29, 1.82) is 0 Å². The van der Waals surface area contributed by atoms with Gasteiger partial charge in [0.1, 0.15) is 0 Å². The second kappa shape index (κ2) is 5.08. The third-order valence-corrected chi connectivity index (χ3v) is 3.50. The highest BCUT2D eigenvalue weighted by Crippen LogP contribution is 2.38. The summed E-state index contributed by atoms with van der Waals surface area (Å²) in [6.07, 6.45) is 5.89. The molecule has 1 fully saturated rings. The van der Waals surface area contributed by atoms with Crippen molar-refractivity contribution >= 4 is 15.9 Å². The first-order chi connectivity index (χ1) is 7.31. The quantitative estimate of drug-likeness (QED) is 0.887. The van der Waals surface area contributed by atoms with Crippen molar-refractivity contribution in [3.63, 3.8) is 0 Å². The number of nitrogens with zero attached hydrogens (tertiary/aromatic N) is 1. The summed E-state index contributed by atoms with van der Waals surface area (Å²) in [5.74, 6) is 0.919. The molecule has 1 heterocycles.